The molecule has 0 aromatic carbocycles. The molecule has 0 amide bonds. The van der Waals surface area contributed by atoms with Crippen molar-refractivity contribution in [2.45, 2.75) is 18.6 Å². The fourth-order valence-electron chi connectivity index (χ4n) is 0.857. The zero-order valence-electron chi connectivity index (χ0n) is 10.1. The zero-order valence-corrected chi connectivity index (χ0v) is 14.0. The Morgan fingerprint density at radius 3 is 2.05 bits per heavy atom. The first-order chi connectivity index (χ1) is 8.86. The number of nitrogens with two attached hydrogens (primary N) is 2. The second-order valence-electron chi connectivity index (χ2n) is 3.23. The molecule has 2 atom stereocenters. The van der Waals surface area contributed by atoms with Crippen LogP contribution in [0.4, 0.5) is 0 Å². The van der Waals surface area contributed by atoms with Gasteiger partial charge in [-0.25, -0.2) is 0 Å². The molecule has 0 saturated carbocycles. The van der Waals surface area contributed by atoms with Gasteiger partial charge >= 0.3 is 21.1 Å². The van der Waals surface area contributed by atoms with Crippen LogP contribution in [0.5, 0.6) is 0 Å². The molecule has 7 N–H and O–H groups in total. The zero-order chi connectivity index (χ0) is 14.8. The largest absolute Gasteiger partial charge is 2.00 e. The quantitative estimate of drug-likeness (QED) is 0.109. The van der Waals surface area contributed by atoms with E-state index in [1.54, 1.807) is 0 Å². The first-order valence-corrected chi connectivity index (χ1v) is 5.76. The summed E-state index contributed by atoms with van der Waals surface area (Å²) in [6.07, 6.45) is -1.61. The average molecular weight is 501 g/mol. The van der Waals surface area contributed by atoms with Crippen molar-refractivity contribution in [3.63, 3.8) is 0 Å². The van der Waals surface area contributed by atoms with Gasteiger partial charge in [-0.2, -0.15) is 20.4 Å². The molecule has 0 fully saturated rings. The number of aliphatic hydroxyl groups is 3. The van der Waals surface area contributed by atoms with E-state index in [-0.39, 0.29) is 43.5 Å². The molecule has 9 nitrogen and oxygen atoms in total. The molecular weight excluding hydrogens is 487 g/mol. The van der Waals surface area contributed by atoms with E-state index >= 15 is 0 Å². The van der Waals surface area contributed by atoms with Crippen LogP contribution in [0.25, 0.3) is 0 Å². The van der Waals surface area contributed by atoms with Crippen molar-refractivity contribution in [3.05, 3.63) is 0 Å². The monoisotopic (exact) mass is 501 g/mol. The number of amidine groups is 2. The number of aliphatic hydroxyl groups excluding tert-OH is 3. The Bertz CT molecular complexity index is 396. The number of nitrogens with zero attached hydrogens (tertiary/aromatic N) is 4. The van der Waals surface area contributed by atoms with Gasteiger partial charge in [-0.15, -0.1) is 0 Å². The van der Waals surface area contributed by atoms with Crippen LogP contribution in [0.1, 0.15) is 6.42 Å². The number of hydrogen-bond acceptors (Lipinski definition) is 9. The summed E-state index contributed by atoms with van der Waals surface area (Å²) >= 11 is 8.97. The Balaban J connectivity index is 0. The molecule has 0 aromatic rings. The Hall–Kier alpha value is -0.712. The second-order valence-corrected chi connectivity index (χ2v) is 4.07. The molecule has 0 spiro atoms. The summed E-state index contributed by atoms with van der Waals surface area (Å²) in [6, 6.07) is 0. The van der Waals surface area contributed by atoms with Crippen molar-refractivity contribution in [1.29, 1.82) is 0 Å². The molecule has 0 heterocycles. The molecule has 0 rings (SSSR count). The van der Waals surface area contributed by atoms with E-state index in [0.29, 0.717) is 0 Å². The maximum absolute atomic E-state index is 9.52. The summed E-state index contributed by atoms with van der Waals surface area (Å²) in [5.41, 5.74) is 10.3. The summed E-state index contributed by atoms with van der Waals surface area (Å²) in [7, 11) is 0. The molecular formula is C8H14N6O3PtS2. The van der Waals surface area contributed by atoms with Crippen molar-refractivity contribution in [2.24, 2.45) is 31.9 Å². The van der Waals surface area contributed by atoms with Crippen LogP contribution in [0.3, 0.4) is 0 Å². The van der Waals surface area contributed by atoms with E-state index in [2.05, 4.69) is 45.7 Å². The smallest absolute Gasteiger partial charge is 0.741 e. The minimum Gasteiger partial charge on any atom is -0.741 e. The van der Waals surface area contributed by atoms with Gasteiger partial charge in [0.15, 0.2) is 0 Å². The summed E-state index contributed by atoms with van der Waals surface area (Å²) in [6.45, 7) is -0.602. The van der Waals surface area contributed by atoms with Crippen LogP contribution >= 0.6 is 0 Å². The number of hydrogen-bond donors (Lipinski definition) is 5. The molecule has 0 aliphatic heterocycles. The molecule has 0 bridgehead atoms. The van der Waals surface area contributed by atoms with Crippen molar-refractivity contribution >= 4 is 47.5 Å². The maximum atomic E-state index is 9.52. The van der Waals surface area contributed by atoms with Crippen molar-refractivity contribution < 1.29 is 36.4 Å². The molecule has 0 aliphatic carbocycles. The average Bonchev–Trinajstić information content (AvgIpc) is 2.33. The van der Waals surface area contributed by atoms with Gasteiger partial charge in [-0.3, -0.25) is 0 Å². The normalized spacial score (nSPS) is 16.9. The predicted octanol–water partition coefficient (Wildman–Crippen LogP) is -2.85. The molecule has 0 unspecified atom stereocenters. The third kappa shape index (κ3) is 11.1. The van der Waals surface area contributed by atoms with Crippen LogP contribution in [0, 0.1) is 0 Å². The van der Waals surface area contributed by atoms with Gasteiger partial charge in [0, 0.05) is 6.42 Å². The molecule has 0 saturated heterocycles. The van der Waals surface area contributed by atoms with E-state index in [1.807, 2.05) is 0 Å². The fraction of sp³-hybridized carbons (Fsp3) is 0.500. The van der Waals surface area contributed by atoms with Crippen LogP contribution in [-0.4, -0.2) is 56.4 Å². The van der Waals surface area contributed by atoms with Gasteiger partial charge in [0.25, 0.3) is 0 Å². The number of rotatable bonds is 7. The van der Waals surface area contributed by atoms with Gasteiger partial charge in [0.05, 0.1) is 24.6 Å². The van der Waals surface area contributed by atoms with E-state index in [1.165, 1.54) is 0 Å². The predicted molar refractivity (Wildman–Crippen MR) is 77.6 cm³/mol. The minimum atomic E-state index is -1.32. The van der Waals surface area contributed by atoms with Gasteiger partial charge in [0.1, 0.15) is 6.10 Å². The Morgan fingerprint density at radius 1 is 1.05 bits per heavy atom. The minimum absolute atomic E-state index is 0. The van der Waals surface area contributed by atoms with E-state index < -0.39 is 18.8 Å². The molecule has 0 aromatic heterocycles. The first kappa shape index (κ1) is 21.6. The van der Waals surface area contributed by atoms with Gasteiger partial charge in [-0.1, -0.05) is 0 Å². The van der Waals surface area contributed by atoms with Gasteiger partial charge in [0.2, 0.25) is 0 Å². The van der Waals surface area contributed by atoms with Crippen LogP contribution in [0.15, 0.2) is 20.4 Å². The third-order valence-corrected chi connectivity index (χ3v) is 1.85. The van der Waals surface area contributed by atoms with E-state index in [0.717, 1.165) is 6.21 Å². The SMILES string of the molecule is N/C([S-])=N/N=C/C(C[C@H](O)[C@H](O)CO)=N/N=C(/N)[S-].[Pt+2]. The van der Waals surface area contributed by atoms with Gasteiger partial charge in [-0.05, 0) is 10.3 Å². The molecule has 0 aliphatic rings. The fourth-order valence-corrected chi connectivity index (χ4v) is 0.945. The van der Waals surface area contributed by atoms with Crippen LogP contribution in [0.2, 0.25) is 0 Å². The Kier molecular flexibility index (Phi) is 13.0. The van der Waals surface area contributed by atoms with E-state index in [4.69, 9.17) is 16.6 Å². The standard InChI is InChI=1S/C8H16N6O3S2.Pt/c9-7(18)13-11-2-4(12-14-8(10)19)1-5(16)6(17)3-15;/h2,5-6,15-17H,1,3H2,(H3,9,13,18)(H3,10,14,19);/q;+2/p-2/b11-2+,12-4+;/t5-,6+;/m0./s1. The topological polar surface area (TPSA) is 162 Å². The van der Waals surface area contributed by atoms with Crippen LogP contribution < -0.4 is 11.5 Å². The summed E-state index contributed by atoms with van der Waals surface area (Å²) in [5.74, 6) is 0. The van der Waals surface area contributed by atoms with E-state index in [9.17, 15) is 10.2 Å². The molecule has 12 heteroatoms. The van der Waals surface area contributed by atoms with Crippen molar-refractivity contribution in [3.8, 4) is 0 Å². The summed E-state index contributed by atoms with van der Waals surface area (Å²) < 4.78 is 0. The van der Waals surface area contributed by atoms with Gasteiger partial charge < -0.3 is 52.0 Å². The molecule has 20 heavy (non-hydrogen) atoms. The summed E-state index contributed by atoms with van der Waals surface area (Å²) in [5, 5.41) is 40.9. The van der Waals surface area contributed by atoms with Crippen molar-refractivity contribution in [1.82, 2.24) is 0 Å². The first-order valence-electron chi connectivity index (χ1n) is 4.94. The molecule has 116 valence electrons. The maximum Gasteiger partial charge on any atom is 2.00 e. The summed E-state index contributed by atoms with van der Waals surface area (Å²) in [4.78, 5) is 0. The Morgan fingerprint density at radius 2 is 1.60 bits per heavy atom. The van der Waals surface area contributed by atoms with Crippen LogP contribution in [-0.2, 0) is 46.3 Å². The molecule has 0 radical (unpaired) electrons. The Labute approximate surface area is 141 Å². The third-order valence-electron chi connectivity index (χ3n) is 1.69. The van der Waals surface area contributed by atoms with Crippen molar-refractivity contribution in [2.75, 3.05) is 6.61 Å². The second kappa shape index (κ2) is 12.1.